The average Bonchev–Trinajstić information content (AvgIpc) is 0.901. The molecule has 0 spiro atoms. The first-order chi connectivity index (χ1) is 54.2. The number of ether oxygens (including phenoxy) is 3. The van der Waals surface area contributed by atoms with Gasteiger partial charge in [0.1, 0.15) is 25.4 Å². The van der Waals surface area contributed by atoms with Crippen molar-refractivity contribution in [2.75, 3.05) is 39.6 Å². The number of rotatable bonds is 81. The number of carbonyl (C=O) groups is 3. The number of hydrogen-bond donors (Lipinski definition) is 4. The topological polar surface area (TPSA) is 231 Å². The third-order valence-electron chi connectivity index (χ3n) is 17.9. The summed E-state index contributed by atoms with van der Waals surface area (Å²) in [5.41, 5.74) is 0. The molecule has 0 aromatic rings. The van der Waals surface area contributed by atoms with Gasteiger partial charge in [-0.25, -0.2) is 9.13 Å². The van der Waals surface area contributed by atoms with Gasteiger partial charge < -0.3 is 34.2 Å². The fourth-order valence-electron chi connectivity index (χ4n) is 11.4. The van der Waals surface area contributed by atoms with E-state index in [1.807, 2.05) is 0 Å². The Balaban J connectivity index is 4.57. The van der Waals surface area contributed by atoms with Crippen molar-refractivity contribution in [3.05, 3.63) is 170 Å². The zero-order valence-electron chi connectivity index (χ0n) is 69.6. The molecule has 0 radical (unpaired) electrons. The number of aliphatic hydroxyl groups is 2. The summed E-state index contributed by atoms with van der Waals surface area (Å²) in [5.74, 6) is -1.59. The summed E-state index contributed by atoms with van der Waals surface area (Å²) < 4.78 is 61.4. The van der Waals surface area contributed by atoms with Crippen LogP contribution in [0.15, 0.2) is 170 Å². The van der Waals surface area contributed by atoms with Crippen LogP contribution in [0.3, 0.4) is 0 Å². The monoisotopic (exact) mass is 1590 g/mol. The van der Waals surface area contributed by atoms with Crippen LogP contribution >= 0.6 is 15.6 Å². The highest BCUT2D eigenvalue weighted by Crippen LogP contribution is 2.45. The number of unbranched alkanes of at least 4 members (excludes halogenated alkanes) is 30. The maximum atomic E-state index is 13.0. The van der Waals surface area contributed by atoms with E-state index in [0.29, 0.717) is 19.3 Å². The van der Waals surface area contributed by atoms with E-state index in [9.17, 15) is 43.5 Å². The van der Waals surface area contributed by atoms with Crippen LogP contribution in [0.1, 0.15) is 342 Å². The molecule has 0 bridgehead atoms. The Morgan fingerprint density at radius 3 is 0.712 bits per heavy atom. The van der Waals surface area contributed by atoms with Crippen LogP contribution in [-0.4, -0.2) is 95.9 Å². The Hall–Kier alpha value is -5.09. The van der Waals surface area contributed by atoms with Crippen LogP contribution in [-0.2, 0) is 55.8 Å². The molecule has 0 aromatic heterocycles. The van der Waals surface area contributed by atoms with Gasteiger partial charge in [-0.15, -0.1) is 0 Å². The first kappa shape index (κ1) is 106. The number of carbonyl (C=O) groups excluding carboxylic acids is 3. The molecule has 5 unspecified atom stereocenters. The third-order valence-corrected chi connectivity index (χ3v) is 19.8. The predicted octanol–water partition coefficient (Wildman–Crippen LogP) is 26.3. The fourth-order valence-corrected chi connectivity index (χ4v) is 13.0. The molecule has 16 nitrogen and oxygen atoms in total. The van der Waals surface area contributed by atoms with E-state index < -0.39 is 91.5 Å². The SMILES string of the molecule is CC/C=C\C/C=C\C/C=C\C/C=C\C/C=C\C/C=C\CCCCCCCCCCCCC(=O)OCC(O)COP(=O)(O)OCC(O)COP(=O)(O)OCC(COC(=O)CCCCCCCCCCCCCCC/C=C\C/C=C\C/C=C\C/C=C\C/C=C\CC)OC(=O)CCCCCCCCC/C=C\C/C=C\C/C=C\CC. The van der Waals surface area contributed by atoms with Gasteiger partial charge in [-0.05, 0) is 148 Å². The Morgan fingerprint density at radius 1 is 0.252 bits per heavy atom. The van der Waals surface area contributed by atoms with Crippen LogP contribution in [0.25, 0.3) is 0 Å². The van der Waals surface area contributed by atoms with Crippen molar-refractivity contribution in [2.45, 2.75) is 360 Å². The van der Waals surface area contributed by atoms with Crippen LogP contribution in [0, 0.1) is 0 Å². The minimum atomic E-state index is -4.94. The van der Waals surface area contributed by atoms with Crippen LogP contribution in [0.5, 0.6) is 0 Å². The Bertz CT molecular complexity index is 2700. The molecule has 18 heteroatoms. The van der Waals surface area contributed by atoms with E-state index in [1.165, 1.54) is 83.5 Å². The van der Waals surface area contributed by atoms with Gasteiger partial charge in [0, 0.05) is 19.3 Å². The molecule has 0 saturated carbocycles. The number of esters is 3. The van der Waals surface area contributed by atoms with E-state index in [1.54, 1.807) is 0 Å². The maximum absolute atomic E-state index is 13.0. The van der Waals surface area contributed by atoms with Crippen molar-refractivity contribution < 1.29 is 75.8 Å². The lowest BCUT2D eigenvalue weighted by Gasteiger charge is -2.21. The van der Waals surface area contributed by atoms with Crippen molar-refractivity contribution in [3.8, 4) is 0 Å². The molecule has 111 heavy (non-hydrogen) atoms. The van der Waals surface area contributed by atoms with E-state index >= 15 is 0 Å². The van der Waals surface area contributed by atoms with Gasteiger partial charge in [0.25, 0.3) is 0 Å². The minimum absolute atomic E-state index is 0.0895. The molecule has 0 aliphatic heterocycles. The fraction of sp³-hybridized carbons (Fsp3) is 0.667. The molecule has 0 aliphatic carbocycles. The summed E-state index contributed by atoms with van der Waals surface area (Å²) in [6.45, 7) is 2.35. The Kier molecular flexibility index (Phi) is 80.4. The normalized spacial score (nSPS) is 14.7. The summed E-state index contributed by atoms with van der Waals surface area (Å²) in [6.07, 6.45) is 108. The highest BCUT2D eigenvalue weighted by molar-refractivity contribution is 7.47. The van der Waals surface area contributed by atoms with Crippen molar-refractivity contribution in [2.24, 2.45) is 0 Å². The molecule has 0 amide bonds. The van der Waals surface area contributed by atoms with Crippen LogP contribution in [0.2, 0.25) is 0 Å². The lowest BCUT2D eigenvalue weighted by atomic mass is 10.0. The molecular formula is C93H156O16P2. The average molecular weight is 1590 g/mol. The summed E-state index contributed by atoms with van der Waals surface area (Å²) in [6, 6.07) is 0. The van der Waals surface area contributed by atoms with Gasteiger partial charge >= 0.3 is 33.6 Å². The Labute approximate surface area is 675 Å². The summed E-state index contributed by atoms with van der Waals surface area (Å²) >= 11 is 0. The highest BCUT2D eigenvalue weighted by atomic mass is 31.2. The van der Waals surface area contributed by atoms with Crippen molar-refractivity contribution in [1.29, 1.82) is 0 Å². The van der Waals surface area contributed by atoms with Crippen molar-refractivity contribution in [1.82, 2.24) is 0 Å². The molecule has 5 atom stereocenters. The molecule has 0 aliphatic rings. The molecule has 0 saturated heterocycles. The van der Waals surface area contributed by atoms with Crippen molar-refractivity contribution >= 4 is 33.6 Å². The maximum Gasteiger partial charge on any atom is 0.472 e. The quantitative estimate of drug-likeness (QED) is 0.0146. The zero-order chi connectivity index (χ0) is 80.8. The standard InChI is InChI=1S/C93H156O16P2/c1-4-7-10-13-16-19-22-25-28-31-33-35-37-39-41-43-45-47-49-51-53-56-58-61-64-67-70-73-76-79-91(96)103-82-88(94)83-105-110(99,100)106-84-89(95)85-107-111(101,102)108-87-90(109-93(98)81-78-75-72-69-66-63-60-55-30-27-24-21-18-15-12-9-6-3)86-104-92(97)80-77-74-71-68-65-62-59-57-54-52-50-48-46-44-42-40-38-36-34-32-29-26-23-20-17-14-11-8-5-2/h7-12,16-21,25-30,33-36,39-42,45,47,88-90,94-95H,4-6,13-15,22-24,31-32,37-38,43-44,46,48-87H2,1-3H3,(H,99,100)(H,101,102)/b10-7-,11-8-,12-9-,19-16-,20-17-,21-18-,28-25-,29-26-,30-27-,35-33-,36-34-,41-39-,42-40-,47-45-. The lowest BCUT2D eigenvalue weighted by molar-refractivity contribution is -0.161. The first-order valence-corrected chi connectivity index (χ1v) is 46.4. The first-order valence-electron chi connectivity index (χ1n) is 43.4. The van der Waals surface area contributed by atoms with Gasteiger partial charge in [-0.3, -0.25) is 32.5 Å². The summed E-state index contributed by atoms with van der Waals surface area (Å²) in [7, 11) is -9.81. The molecule has 634 valence electrons. The van der Waals surface area contributed by atoms with Gasteiger partial charge in [0.2, 0.25) is 0 Å². The number of phosphoric acid groups is 2. The van der Waals surface area contributed by atoms with Gasteiger partial charge in [0.05, 0.1) is 26.4 Å². The summed E-state index contributed by atoms with van der Waals surface area (Å²) in [4.78, 5) is 58.9. The van der Waals surface area contributed by atoms with Crippen molar-refractivity contribution in [3.63, 3.8) is 0 Å². The number of aliphatic hydroxyl groups excluding tert-OH is 2. The largest absolute Gasteiger partial charge is 0.472 e. The second-order valence-corrected chi connectivity index (χ2v) is 31.5. The van der Waals surface area contributed by atoms with E-state index in [0.717, 1.165) is 199 Å². The molecular weight excluding hydrogens is 1430 g/mol. The van der Waals surface area contributed by atoms with Gasteiger partial charge in [-0.2, -0.15) is 0 Å². The van der Waals surface area contributed by atoms with E-state index in [-0.39, 0.29) is 19.3 Å². The number of allylic oxidation sites excluding steroid dienone is 28. The lowest BCUT2D eigenvalue weighted by Crippen LogP contribution is -2.30. The molecule has 0 fully saturated rings. The predicted molar refractivity (Wildman–Crippen MR) is 463 cm³/mol. The Morgan fingerprint density at radius 2 is 0.450 bits per heavy atom. The smallest absolute Gasteiger partial charge is 0.463 e. The number of phosphoric ester groups is 2. The zero-order valence-corrected chi connectivity index (χ0v) is 71.4. The third kappa shape index (κ3) is 85.6. The molecule has 4 N–H and O–H groups in total. The van der Waals surface area contributed by atoms with E-state index in [2.05, 4.69) is 191 Å². The highest BCUT2D eigenvalue weighted by Gasteiger charge is 2.29. The second kappa shape index (κ2) is 84.3. The molecule has 0 rings (SSSR count). The van der Waals surface area contributed by atoms with Crippen LogP contribution in [0.4, 0.5) is 0 Å². The summed E-state index contributed by atoms with van der Waals surface area (Å²) in [5, 5.41) is 20.7. The second-order valence-electron chi connectivity index (χ2n) is 28.5. The number of hydrogen-bond acceptors (Lipinski definition) is 14. The molecule has 0 aromatic carbocycles. The van der Waals surface area contributed by atoms with Gasteiger partial charge in [0.15, 0.2) is 6.10 Å². The van der Waals surface area contributed by atoms with Crippen LogP contribution < -0.4 is 0 Å². The van der Waals surface area contributed by atoms with E-state index in [4.69, 9.17) is 32.3 Å². The minimum Gasteiger partial charge on any atom is -0.463 e. The van der Waals surface area contributed by atoms with Gasteiger partial charge in [-0.1, -0.05) is 345 Å². The molecule has 0 heterocycles.